The van der Waals surface area contributed by atoms with Crippen LogP contribution >= 0.6 is 0 Å². The summed E-state index contributed by atoms with van der Waals surface area (Å²) in [6.07, 6.45) is 0.773. The second kappa shape index (κ2) is 6.67. The van der Waals surface area contributed by atoms with Gasteiger partial charge in [-0.2, -0.15) is 10.1 Å². The van der Waals surface area contributed by atoms with E-state index in [0.29, 0.717) is 43.5 Å². The largest absolute Gasteiger partial charge is 0.479 e. The van der Waals surface area contributed by atoms with Crippen LogP contribution in [0.5, 0.6) is 0 Å². The summed E-state index contributed by atoms with van der Waals surface area (Å²) in [6.45, 7) is 4.86. The topological polar surface area (TPSA) is 116 Å². The number of methoxy groups -OCH3 is 1. The molecule has 3 rings (SSSR count). The number of hydrogen-bond donors (Lipinski definition) is 3. The molecule has 0 spiro atoms. The van der Waals surface area contributed by atoms with Crippen LogP contribution in [0.15, 0.2) is 12.1 Å². The minimum Gasteiger partial charge on any atom is -0.479 e. The van der Waals surface area contributed by atoms with Gasteiger partial charge in [0.05, 0.1) is 0 Å². The summed E-state index contributed by atoms with van der Waals surface area (Å²) < 4.78 is 5.26. The lowest BCUT2D eigenvalue weighted by Crippen LogP contribution is -2.51. The first-order valence-corrected chi connectivity index (χ1v) is 8.10. The molecule has 3 heterocycles. The monoisotopic (exact) mass is 346 g/mol. The van der Waals surface area contributed by atoms with Crippen LogP contribution in [-0.4, -0.2) is 57.0 Å². The molecule has 134 valence electrons. The normalized spacial score (nSPS) is 16.7. The van der Waals surface area contributed by atoms with Crippen LogP contribution < -0.4 is 10.2 Å². The van der Waals surface area contributed by atoms with E-state index in [2.05, 4.69) is 25.5 Å². The third kappa shape index (κ3) is 3.55. The molecule has 0 radical (unpaired) electrons. The van der Waals surface area contributed by atoms with Gasteiger partial charge in [-0.3, -0.25) is 5.10 Å². The number of carboxylic acid groups (broad SMARTS) is 1. The van der Waals surface area contributed by atoms with Gasteiger partial charge in [0.2, 0.25) is 5.95 Å². The molecule has 2 aromatic rings. The molecule has 3 N–H and O–H groups in total. The smallest absolute Gasteiger partial charge is 0.336 e. The number of piperidine rings is 1. The van der Waals surface area contributed by atoms with E-state index >= 15 is 0 Å². The minimum atomic E-state index is -1.12. The molecule has 2 aromatic heterocycles. The highest BCUT2D eigenvalue weighted by Gasteiger charge is 2.42. The van der Waals surface area contributed by atoms with Crippen molar-refractivity contribution in [2.45, 2.75) is 32.3 Å². The van der Waals surface area contributed by atoms with Crippen molar-refractivity contribution >= 4 is 23.6 Å². The van der Waals surface area contributed by atoms with Crippen LogP contribution in [0.25, 0.3) is 0 Å². The van der Waals surface area contributed by atoms with Gasteiger partial charge >= 0.3 is 5.97 Å². The highest BCUT2D eigenvalue weighted by molar-refractivity contribution is 5.78. The van der Waals surface area contributed by atoms with Gasteiger partial charge in [0, 0.05) is 56.6 Å². The van der Waals surface area contributed by atoms with E-state index in [-0.39, 0.29) is 0 Å². The number of carbonyl (C=O) groups is 1. The number of H-pyrrole nitrogens is 1. The number of aryl methyl sites for hydroxylation is 2. The zero-order valence-electron chi connectivity index (χ0n) is 14.5. The summed E-state index contributed by atoms with van der Waals surface area (Å²) in [5, 5.41) is 19.6. The van der Waals surface area contributed by atoms with E-state index in [9.17, 15) is 9.90 Å². The van der Waals surface area contributed by atoms with Crippen LogP contribution in [0.3, 0.4) is 0 Å². The van der Waals surface area contributed by atoms with E-state index in [1.54, 1.807) is 0 Å². The van der Waals surface area contributed by atoms with Crippen molar-refractivity contribution in [3.05, 3.63) is 23.5 Å². The van der Waals surface area contributed by atoms with Crippen molar-refractivity contribution in [2.24, 2.45) is 0 Å². The molecular weight excluding hydrogens is 324 g/mol. The van der Waals surface area contributed by atoms with Crippen molar-refractivity contribution in [2.75, 3.05) is 30.4 Å². The van der Waals surface area contributed by atoms with Gasteiger partial charge in [0.25, 0.3) is 0 Å². The third-order valence-electron chi connectivity index (χ3n) is 4.44. The fraction of sp³-hybridized carbons (Fsp3) is 0.500. The maximum Gasteiger partial charge on any atom is 0.336 e. The third-order valence-corrected chi connectivity index (χ3v) is 4.44. The molecule has 1 aliphatic heterocycles. The molecule has 0 amide bonds. The summed E-state index contributed by atoms with van der Waals surface area (Å²) in [7, 11) is 1.45. The van der Waals surface area contributed by atoms with Gasteiger partial charge < -0.3 is 20.1 Å². The highest BCUT2D eigenvalue weighted by Crippen LogP contribution is 2.28. The highest BCUT2D eigenvalue weighted by atomic mass is 16.5. The van der Waals surface area contributed by atoms with Crippen LogP contribution in [-0.2, 0) is 9.53 Å². The fourth-order valence-electron chi connectivity index (χ4n) is 2.94. The second-order valence-corrected chi connectivity index (χ2v) is 6.25. The Balaban J connectivity index is 1.76. The Bertz CT molecular complexity index is 767. The summed E-state index contributed by atoms with van der Waals surface area (Å²) >= 11 is 0. The second-order valence-electron chi connectivity index (χ2n) is 6.25. The van der Waals surface area contributed by atoms with Crippen LogP contribution in [0.4, 0.5) is 17.6 Å². The molecule has 25 heavy (non-hydrogen) atoms. The zero-order valence-corrected chi connectivity index (χ0v) is 14.5. The lowest BCUT2D eigenvalue weighted by atomic mass is 9.91. The molecule has 0 atom stereocenters. The summed E-state index contributed by atoms with van der Waals surface area (Å²) in [5.41, 5.74) is 0.657. The van der Waals surface area contributed by atoms with Crippen LogP contribution in [0.1, 0.15) is 24.2 Å². The quantitative estimate of drug-likeness (QED) is 0.748. The summed E-state index contributed by atoms with van der Waals surface area (Å²) in [5.74, 6) is 0.987. The number of aromatic nitrogens is 4. The molecular formula is C16H22N6O3. The van der Waals surface area contributed by atoms with Gasteiger partial charge in [-0.15, -0.1) is 0 Å². The van der Waals surface area contributed by atoms with E-state index in [1.165, 1.54) is 7.11 Å². The maximum atomic E-state index is 11.5. The van der Waals surface area contributed by atoms with E-state index in [0.717, 1.165) is 11.4 Å². The molecule has 1 aliphatic rings. The lowest BCUT2D eigenvalue weighted by Gasteiger charge is -2.37. The molecule has 1 fully saturated rings. The number of anilines is 3. The Morgan fingerprint density at radius 1 is 1.28 bits per heavy atom. The van der Waals surface area contributed by atoms with Gasteiger partial charge in [0.15, 0.2) is 11.4 Å². The van der Waals surface area contributed by atoms with Crippen LogP contribution in [0.2, 0.25) is 0 Å². The molecule has 9 heteroatoms. The Hall–Kier alpha value is -2.68. The molecule has 1 saturated heterocycles. The predicted octanol–water partition coefficient (Wildman–Crippen LogP) is 1.63. The zero-order chi connectivity index (χ0) is 18.0. The maximum absolute atomic E-state index is 11.5. The first kappa shape index (κ1) is 17.2. The standard InChI is InChI=1S/C16H22N6O3/c1-10-8-12(18-13-9-11(2)20-21-13)19-15(17-10)22-6-4-16(25-3,5-7-22)14(23)24/h8-9H,4-7H2,1-3H3,(H,23,24)(H2,17,18,19,20,21). The average molecular weight is 346 g/mol. The number of nitrogens with one attached hydrogen (secondary N) is 2. The summed E-state index contributed by atoms with van der Waals surface area (Å²) in [6, 6.07) is 3.73. The Morgan fingerprint density at radius 2 is 2.00 bits per heavy atom. The number of nitrogens with zero attached hydrogens (tertiary/aromatic N) is 4. The Kier molecular flexibility index (Phi) is 4.58. The number of hydrogen-bond acceptors (Lipinski definition) is 7. The van der Waals surface area contributed by atoms with Crippen molar-refractivity contribution < 1.29 is 14.6 Å². The predicted molar refractivity (Wildman–Crippen MR) is 92.2 cm³/mol. The average Bonchev–Trinajstić information content (AvgIpc) is 2.99. The lowest BCUT2D eigenvalue weighted by molar-refractivity contribution is -0.164. The molecule has 0 aromatic carbocycles. The molecule has 9 nitrogen and oxygen atoms in total. The van der Waals surface area contributed by atoms with Crippen molar-refractivity contribution in [3.8, 4) is 0 Å². The number of aliphatic carboxylic acids is 1. The van der Waals surface area contributed by atoms with Crippen LogP contribution in [0, 0.1) is 13.8 Å². The van der Waals surface area contributed by atoms with Gasteiger partial charge in [-0.05, 0) is 13.8 Å². The Morgan fingerprint density at radius 3 is 2.56 bits per heavy atom. The number of aromatic amines is 1. The van der Waals surface area contributed by atoms with E-state index in [1.807, 2.05) is 30.9 Å². The molecule has 0 saturated carbocycles. The summed E-state index contributed by atoms with van der Waals surface area (Å²) in [4.78, 5) is 22.5. The first-order valence-electron chi connectivity index (χ1n) is 8.10. The fourth-order valence-corrected chi connectivity index (χ4v) is 2.94. The first-order chi connectivity index (χ1) is 11.9. The van der Waals surface area contributed by atoms with Gasteiger partial charge in [-0.25, -0.2) is 9.78 Å². The number of carboxylic acids is 1. The van der Waals surface area contributed by atoms with Crippen molar-refractivity contribution in [1.29, 1.82) is 0 Å². The molecule has 0 bridgehead atoms. The Labute approximate surface area is 145 Å². The number of rotatable bonds is 5. The van der Waals surface area contributed by atoms with Crippen molar-refractivity contribution in [3.63, 3.8) is 0 Å². The SMILES string of the molecule is COC1(C(=O)O)CCN(c2nc(C)cc(Nc3cc(C)[nH]n3)n2)CC1. The molecule has 0 unspecified atom stereocenters. The van der Waals surface area contributed by atoms with E-state index < -0.39 is 11.6 Å². The van der Waals surface area contributed by atoms with E-state index in [4.69, 9.17) is 4.74 Å². The minimum absolute atomic E-state index is 0.386. The van der Waals surface area contributed by atoms with Gasteiger partial charge in [-0.1, -0.05) is 0 Å². The number of ether oxygens (including phenoxy) is 1. The van der Waals surface area contributed by atoms with Gasteiger partial charge in [0.1, 0.15) is 5.82 Å². The van der Waals surface area contributed by atoms with Crippen molar-refractivity contribution in [1.82, 2.24) is 20.2 Å². The molecule has 0 aliphatic carbocycles.